The number of aromatic nitrogens is 1. The van der Waals surface area contributed by atoms with Crippen molar-refractivity contribution >= 4 is 16.6 Å². The van der Waals surface area contributed by atoms with Gasteiger partial charge in [0.15, 0.2) is 0 Å². The monoisotopic (exact) mass is 285 g/mol. The molecule has 1 aromatic heterocycles. The highest BCUT2D eigenvalue weighted by atomic mass is 16.1. The molecule has 0 amide bonds. The van der Waals surface area contributed by atoms with E-state index >= 15 is 0 Å². The summed E-state index contributed by atoms with van der Waals surface area (Å²) in [6.07, 6.45) is 2.67. The van der Waals surface area contributed by atoms with Crippen LogP contribution < -0.4 is 10.9 Å². The maximum Gasteiger partial charge on any atom is 0.252 e. The van der Waals surface area contributed by atoms with Gasteiger partial charge in [-0.3, -0.25) is 9.69 Å². The van der Waals surface area contributed by atoms with Gasteiger partial charge in [0, 0.05) is 43.3 Å². The van der Waals surface area contributed by atoms with E-state index in [1.54, 1.807) is 10.6 Å². The molecule has 0 bridgehead atoms. The molecule has 4 heteroatoms. The lowest BCUT2D eigenvalue weighted by Gasteiger charge is -2.20. The molecule has 1 heterocycles. The normalized spacial score (nSPS) is 14.8. The van der Waals surface area contributed by atoms with E-state index in [1.165, 1.54) is 12.8 Å². The van der Waals surface area contributed by atoms with E-state index in [9.17, 15) is 4.79 Å². The highest BCUT2D eigenvalue weighted by molar-refractivity contribution is 5.91. The molecule has 1 aliphatic rings. The first-order valence-corrected chi connectivity index (χ1v) is 7.77. The van der Waals surface area contributed by atoms with E-state index in [0.717, 1.165) is 42.3 Å². The van der Waals surface area contributed by atoms with Crippen LogP contribution >= 0.6 is 0 Å². The van der Waals surface area contributed by atoms with Crippen LogP contribution in [0.2, 0.25) is 0 Å². The highest BCUT2D eigenvalue weighted by Gasteiger charge is 2.27. The number of para-hydroxylation sites is 1. The van der Waals surface area contributed by atoms with Crippen molar-refractivity contribution in [1.82, 2.24) is 9.47 Å². The molecule has 2 aromatic rings. The molecule has 0 unspecified atom stereocenters. The Morgan fingerprint density at radius 2 is 2.10 bits per heavy atom. The molecule has 0 spiro atoms. The highest BCUT2D eigenvalue weighted by Crippen LogP contribution is 2.26. The predicted molar refractivity (Wildman–Crippen MR) is 87.9 cm³/mol. The standard InChI is InChI=1S/C17H23N3O/c1-3-20(13-8-9-13)11-10-18-15-12-17(21)19(2)16-7-5-4-6-14(15)16/h4-7,12-13,18H,3,8-11H2,1-2H3. The van der Waals surface area contributed by atoms with Crippen molar-refractivity contribution in [2.45, 2.75) is 25.8 Å². The van der Waals surface area contributed by atoms with Gasteiger partial charge in [0.05, 0.1) is 5.52 Å². The van der Waals surface area contributed by atoms with Crippen LogP contribution in [0.1, 0.15) is 19.8 Å². The van der Waals surface area contributed by atoms with Crippen LogP contribution in [0.4, 0.5) is 5.69 Å². The van der Waals surface area contributed by atoms with E-state index in [-0.39, 0.29) is 5.56 Å². The second-order valence-corrected chi connectivity index (χ2v) is 5.76. The van der Waals surface area contributed by atoms with Crippen molar-refractivity contribution in [2.75, 3.05) is 25.0 Å². The average molecular weight is 285 g/mol. The van der Waals surface area contributed by atoms with Gasteiger partial charge in [-0.15, -0.1) is 0 Å². The summed E-state index contributed by atoms with van der Waals surface area (Å²) >= 11 is 0. The fraction of sp³-hybridized carbons (Fsp3) is 0.471. The first kappa shape index (κ1) is 14.1. The van der Waals surface area contributed by atoms with Gasteiger partial charge in [-0.2, -0.15) is 0 Å². The molecule has 0 saturated heterocycles. The molecule has 1 fully saturated rings. The van der Waals surface area contributed by atoms with Crippen LogP contribution in [0.15, 0.2) is 35.1 Å². The largest absolute Gasteiger partial charge is 0.383 e. The number of likely N-dealkylation sites (N-methyl/N-ethyl adjacent to an activating group) is 1. The molecule has 0 radical (unpaired) electrons. The van der Waals surface area contributed by atoms with Crippen molar-refractivity contribution in [1.29, 1.82) is 0 Å². The molecule has 21 heavy (non-hydrogen) atoms. The molecule has 1 aliphatic carbocycles. The molecular weight excluding hydrogens is 262 g/mol. The van der Waals surface area contributed by atoms with Gasteiger partial charge in [0.1, 0.15) is 0 Å². The Bertz CT molecular complexity index is 688. The van der Waals surface area contributed by atoms with Gasteiger partial charge in [0.25, 0.3) is 5.56 Å². The number of nitrogens with zero attached hydrogens (tertiary/aromatic N) is 2. The SMILES string of the molecule is CCN(CCNc1cc(=O)n(C)c2ccccc12)C1CC1. The molecule has 1 N–H and O–H groups in total. The Morgan fingerprint density at radius 3 is 2.81 bits per heavy atom. The summed E-state index contributed by atoms with van der Waals surface area (Å²) in [5, 5.41) is 4.55. The molecule has 3 rings (SSSR count). The van der Waals surface area contributed by atoms with Gasteiger partial charge in [-0.1, -0.05) is 25.1 Å². The van der Waals surface area contributed by atoms with Crippen LogP contribution in [0.25, 0.3) is 10.9 Å². The number of pyridine rings is 1. The summed E-state index contributed by atoms with van der Waals surface area (Å²) in [6.45, 7) is 5.22. The van der Waals surface area contributed by atoms with Crippen LogP contribution in [0.5, 0.6) is 0 Å². The minimum atomic E-state index is 0.0331. The molecule has 0 aliphatic heterocycles. The van der Waals surface area contributed by atoms with E-state index in [1.807, 2.05) is 25.2 Å². The third kappa shape index (κ3) is 2.95. The fourth-order valence-electron chi connectivity index (χ4n) is 2.93. The van der Waals surface area contributed by atoms with Crippen molar-refractivity contribution in [3.63, 3.8) is 0 Å². The van der Waals surface area contributed by atoms with Crippen LogP contribution in [0, 0.1) is 0 Å². The second kappa shape index (κ2) is 5.90. The number of anilines is 1. The smallest absolute Gasteiger partial charge is 0.252 e. The lowest BCUT2D eigenvalue weighted by atomic mass is 10.2. The molecule has 0 atom stereocenters. The van der Waals surface area contributed by atoms with E-state index in [2.05, 4.69) is 23.2 Å². The van der Waals surface area contributed by atoms with E-state index < -0.39 is 0 Å². The molecular formula is C17H23N3O. The van der Waals surface area contributed by atoms with Gasteiger partial charge < -0.3 is 9.88 Å². The van der Waals surface area contributed by atoms with Crippen molar-refractivity contribution in [3.8, 4) is 0 Å². The summed E-state index contributed by atoms with van der Waals surface area (Å²) in [4.78, 5) is 14.5. The first-order valence-electron chi connectivity index (χ1n) is 7.77. The zero-order valence-corrected chi connectivity index (χ0v) is 12.8. The van der Waals surface area contributed by atoms with Crippen LogP contribution in [0.3, 0.4) is 0 Å². The number of hydrogen-bond acceptors (Lipinski definition) is 3. The van der Waals surface area contributed by atoms with Gasteiger partial charge in [-0.05, 0) is 25.5 Å². The lowest BCUT2D eigenvalue weighted by Crippen LogP contribution is -2.31. The Hall–Kier alpha value is -1.81. The zero-order chi connectivity index (χ0) is 14.8. The van der Waals surface area contributed by atoms with Crippen molar-refractivity contribution in [3.05, 3.63) is 40.7 Å². The topological polar surface area (TPSA) is 37.3 Å². The average Bonchev–Trinajstić information content (AvgIpc) is 3.33. The number of rotatable bonds is 6. The Labute approximate surface area is 125 Å². The predicted octanol–water partition coefficient (Wildman–Crippen LogP) is 2.43. The quantitative estimate of drug-likeness (QED) is 0.886. The summed E-state index contributed by atoms with van der Waals surface area (Å²) in [5.41, 5.74) is 1.95. The van der Waals surface area contributed by atoms with Crippen molar-refractivity contribution in [2.24, 2.45) is 7.05 Å². The van der Waals surface area contributed by atoms with Gasteiger partial charge in [0.2, 0.25) is 0 Å². The van der Waals surface area contributed by atoms with Gasteiger partial charge >= 0.3 is 0 Å². The van der Waals surface area contributed by atoms with E-state index in [0.29, 0.717) is 0 Å². The minimum absolute atomic E-state index is 0.0331. The number of benzene rings is 1. The number of hydrogen-bond donors (Lipinski definition) is 1. The third-order valence-corrected chi connectivity index (χ3v) is 4.34. The lowest BCUT2D eigenvalue weighted by molar-refractivity contribution is 0.289. The molecule has 4 nitrogen and oxygen atoms in total. The van der Waals surface area contributed by atoms with Crippen LogP contribution in [-0.2, 0) is 7.05 Å². The minimum Gasteiger partial charge on any atom is -0.383 e. The zero-order valence-electron chi connectivity index (χ0n) is 12.8. The maximum atomic E-state index is 12.0. The number of aryl methyl sites for hydroxylation is 1. The number of fused-ring (bicyclic) bond motifs is 1. The van der Waals surface area contributed by atoms with E-state index in [4.69, 9.17) is 0 Å². The van der Waals surface area contributed by atoms with Crippen molar-refractivity contribution < 1.29 is 0 Å². The Morgan fingerprint density at radius 1 is 1.33 bits per heavy atom. The Kier molecular flexibility index (Phi) is 3.97. The Balaban J connectivity index is 1.77. The van der Waals surface area contributed by atoms with Gasteiger partial charge in [-0.25, -0.2) is 0 Å². The summed E-state index contributed by atoms with van der Waals surface area (Å²) in [7, 11) is 1.82. The second-order valence-electron chi connectivity index (χ2n) is 5.76. The summed E-state index contributed by atoms with van der Waals surface area (Å²) in [5.74, 6) is 0. The first-order chi connectivity index (χ1) is 10.2. The molecule has 1 aromatic carbocycles. The van der Waals surface area contributed by atoms with Crippen LogP contribution in [-0.4, -0.2) is 35.1 Å². The third-order valence-electron chi connectivity index (χ3n) is 4.34. The molecule has 112 valence electrons. The maximum absolute atomic E-state index is 12.0. The number of nitrogens with one attached hydrogen (secondary N) is 1. The molecule has 1 saturated carbocycles. The summed E-state index contributed by atoms with van der Waals surface area (Å²) in [6, 6.07) is 10.5. The fourth-order valence-corrected chi connectivity index (χ4v) is 2.93. The summed E-state index contributed by atoms with van der Waals surface area (Å²) < 4.78 is 1.70.